The van der Waals surface area contributed by atoms with Crippen LogP contribution in [0, 0.1) is 21.3 Å². The predicted octanol–water partition coefficient (Wildman–Crippen LogP) is 4.21. The van der Waals surface area contributed by atoms with Crippen LogP contribution in [0.4, 0.5) is 0 Å². The molecule has 2 aromatic carbocycles. The van der Waals surface area contributed by atoms with E-state index in [-0.39, 0.29) is 51.3 Å². The number of amides is 2. The summed E-state index contributed by atoms with van der Waals surface area (Å²) in [4.78, 5) is 29.1. The summed E-state index contributed by atoms with van der Waals surface area (Å²) >= 11 is 2.08. The number of hydrogen-bond donors (Lipinski definition) is 4. The van der Waals surface area contributed by atoms with Crippen molar-refractivity contribution < 1.29 is 39.1 Å². The minimum Gasteiger partial charge on any atom is -0.493 e. The standard InChI is InChI=1S/C36H49IN2O8/c1-22(2)27-11-10-23(3)14-30(27)46-21-33(42)39(19-24-8-6-5-7-9-24)29-17-26(36(44)38-12-13-40)18-31(34(29)43)47-35-28(37)15-25(20-41)16-32(35)45-4/h5-9,15-16,18,22-23,27,29-31,34,40-41,43H,10-14,17,19-21H2,1-4H3,(H,38,44)/t23-,27+,29+,30-,31-,34-/m0/s1. The van der Waals surface area contributed by atoms with Crippen molar-refractivity contribution in [2.45, 2.75) is 84.0 Å². The first kappa shape index (κ1) is 37.1. The van der Waals surface area contributed by atoms with Crippen molar-refractivity contribution in [2.24, 2.45) is 17.8 Å². The van der Waals surface area contributed by atoms with Crippen LogP contribution in [0.3, 0.4) is 0 Å². The van der Waals surface area contributed by atoms with Crippen LogP contribution in [0.1, 0.15) is 57.6 Å². The zero-order valence-corrected chi connectivity index (χ0v) is 29.9. The van der Waals surface area contributed by atoms with Gasteiger partial charge in [-0.1, -0.05) is 57.5 Å². The molecule has 0 spiro atoms. The molecule has 2 aromatic rings. The second-order valence-electron chi connectivity index (χ2n) is 13.0. The Labute approximate surface area is 291 Å². The Kier molecular flexibility index (Phi) is 13.9. The molecule has 0 bridgehead atoms. The highest BCUT2D eigenvalue weighted by Crippen LogP contribution is 2.38. The summed E-state index contributed by atoms with van der Waals surface area (Å²) in [5, 5.41) is 33.7. The Morgan fingerprint density at radius 1 is 1.11 bits per heavy atom. The monoisotopic (exact) mass is 764 g/mol. The number of nitrogens with one attached hydrogen (secondary N) is 1. The average Bonchev–Trinajstić information content (AvgIpc) is 3.06. The van der Waals surface area contributed by atoms with Gasteiger partial charge in [-0.05, 0) is 82.5 Å². The lowest BCUT2D eigenvalue weighted by Gasteiger charge is -2.41. The molecule has 0 aliphatic heterocycles. The van der Waals surface area contributed by atoms with Crippen LogP contribution < -0.4 is 14.8 Å². The molecular formula is C36H49IN2O8. The van der Waals surface area contributed by atoms with E-state index in [1.807, 2.05) is 30.3 Å². The highest BCUT2D eigenvalue weighted by molar-refractivity contribution is 14.1. The first-order valence-corrected chi connectivity index (χ1v) is 17.5. The number of ether oxygens (including phenoxy) is 3. The zero-order chi connectivity index (χ0) is 34.1. The molecule has 1 saturated carbocycles. The van der Waals surface area contributed by atoms with Gasteiger partial charge < -0.3 is 39.7 Å². The lowest BCUT2D eigenvalue weighted by atomic mass is 9.75. The Morgan fingerprint density at radius 3 is 2.51 bits per heavy atom. The van der Waals surface area contributed by atoms with Crippen LogP contribution in [0.5, 0.6) is 11.5 Å². The number of aliphatic hydroxyl groups is 3. The van der Waals surface area contributed by atoms with Crippen LogP contribution >= 0.6 is 22.6 Å². The number of halogens is 1. The van der Waals surface area contributed by atoms with E-state index in [0.29, 0.717) is 44.0 Å². The molecule has 11 heteroatoms. The number of aliphatic hydroxyl groups excluding tert-OH is 3. The van der Waals surface area contributed by atoms with Gasteiger partial charge in [0.15, 0.2) is 11.5 Å². The first-order valence-electron chi connectivity index (χ1n) is 16.4. The maximum atomic E-state index is 14.2. The van der Waals surface area contributed by atoms with Crippen LogP contribution in [0.2, 0.25) is 0 Å². The van der Waals surface area contributed by atoms with Gasteiger partial charge >= 0.3 is 0 Å². The van der Waals surface area contributed by atoms with Crippen molar-refractivity contribution in [2.75, 3.05) is 26.9 Å². The van der Waals surface area contributed by atoms with Crippen LogP contribution in [0.25, 0.3) is 0 Å². The number of hydrogen-bond acceptors (Lipinski definition) is 8. The van der Waals surface area contributed by atoms with Crippen LogP contribution in [-0.4, -0.2) is 83.3 Å². The Bertz CT molecular complexity index is 1370. The quantitative estimate of drug-likeness (QED) is 0.210. The van der Waals surface area contributed by atoms with Gasteiger partial charge in [0.1, 0.15) is 18.8 Å². The SMILES string of the molecule is COc1cc(CO)cc(I)c1O[C@H]1C=C(C(=O)NCCO)C[C@@H](N(Cc2ccccc2)C(=O)CO[C@H]2C[C@@H](C)CC[C@@H]2C(C)C)[C@@H]1O. The smallest absolute Gasteiger partial charge is 0.249 e. The zero-order valence-electron chi connectivity index (χ0n) is 27.7. The molecule has 258 valence electrons. The summed E-state index contributed by atoms with van der Waals surface area (Å²) in [5.74, 6) is 1.31. The van der Waals surface area contributed by atoms with Gasteiger partial charge in [-0.25, -0.2) is 0 Å². The Morgan fingerprint density at radius 2 is 1.85 bits per heavy atom. The average molecular weight is 765 g/mol. The molecule has 2 aliphatic rings. The normalized spacial score (nSPS) is 24.4. The summed E-state index contributed by atoms with van der Waals surface area (Å²) in [6, 6.07) is 12.1. The fraction of sp³-hybridized carbons (Fsp3) is 0.556. The summed E-state index contributed by atoms with van der Waals surface area (Å²) in [6.07, 6.45) is 2.47. The van der Waals surface area contributed by atoms with Gasteiger partial charge in [0.05, 0.1) is 36.0 Å². The molecule has 2 amide bonds. The molecular weight excluding hydrogens is 715 g/mol. The van der Waals surface area contributed by atoms with E-state index in [4.69, 9.17) is 14.2 Å². The molecule has 1 fully saturated rings. The molecule has 6 atom stereocenters. The van der Waals surface area contributed by atoms with Crippen molar-refractivity contribution in [1.82, 2.24) is 10.2 Å². The third-order valence-electron chi connectivity index (χ3n) is 9.24. The van der Waals surface area contributed by atoms with E-state index < -0.39 is 24.2 Å². The minimum absolute atomic E-state index is 0.0372. The van der Waals surface area contributed by atoms with E-state index in [1.54, 1.807) is 23.1 Å². The molecule has 0 saturated heterocycles. The largest absolute Gasteiger partial charge is 0.493 e. The second kappa shape index (κ2) is 17.6. The van der Waals surface area contributed by atoms with Crippen molar-refractivity contribution in [3.8, 4) is 11.5 Å². The first-order chi connectivity index (χ1) is 22.6. The maximum Gasteiger partial charge on any atom is 0.249 e. The molecule has 0 radical (unpaired) electrons. The lowest BCUT2D eigenvalue weighted by molar-refractivity contribution is -0.149. The van der Waals surface area contributed by atoms with Crippen molar-refractivity contribution in [3.63, 3.8) is 0 Å². The van der Waals surface area contributed by atoms with Gasteiger partial charge in [0.25, 0.3) is 0 Å². The maximum absolute atomic E-state index is 14.2. The predicted molar refractivity (Wildman–Crippen MR) is 187 cm³/mol. The topological polar surface area (TPSA) is 138 Å². The van der Waals surface area contributed by atoms with Crippen molar-refractivity contribution in [3.05, 3.63) is 68.8 Å². The highest BCUT2D eigenvalue weighted by Gasteiger charge is 2.41. The number of benzene rings is 2. The van der Waals surface area contributed by atoms with Crippen molar-refractivity contribution >= 4 is 34.4 Å². The van der Waals surface area contributed by atoms with Crippen molar-refractivity contribution in [1.29, 1.82) is 0 Å². The minimum atomic E-state index is -1.21. The molecule has 10 nitrogen and oxygen atoms in total. The van der Waals surface area contributed by atoms with Gasteiger partial charge in [-0.3, -0.25) is 9.59 Å². The number of rotatable bonds is 14. The second-order valence-corrected chi connectivity index (χ2v) is 14.1. The lowest BCUT2D eigenvalue weighted by Crippen LogP contribution is -2.55. The molecule has 2 aliphatic carbocycles. The Balaban J connectivity index is 1.67. The van der Waals surface area contributed by atoms with E-state index >= 15 is 0 Å². The molecule has 47 heavy (non-hydrogen) atoms. The number of nitrogens with zero attached hydrogens (tertiary/aromatic N) is 1. The highest BCUT2D eigenvalue weighted by atomic mass is 127. The molecule has 4 rings (SSSR count). The third kappa shape index (κ3) is 9.69. The summed E-state index contributed by atoms with van der Waals surface area (Å²) in [7, 11) is 1.49. The summed E-state index contributed by atoms with van der Waals surface area (Å²) in [5.41, 5.74) is 1.83. The molecule has 0 unspecified atom stereocenters. The van der Waals surface area contributed by atoms with Crippen LogP contribution in [0.15, 0.2) is 54.1 Å². The molecule has 4 N–H and O–H groups in total. The number of carbonyl (C=O) groups is 2. The third-order valence-corrected chi connectivity index (χ3v) is 10.0. The number of carbonyl (C=O) groups excluding carboxylic acids is 2. The van der Waals surface area contributed by atoms with Crippen LogP contribution in [-0.2, 0) is 27.5 Å². The summed E-state index contributed by atoms with van der Waals surface area (Å²) < 4.78 is 19.0. The van der Waals surface area contributed by atoms with E-state index in [0.717, 1.165) is 24.8 Å². The molecule has 0 aromatic heterocycles. The van der Waals surface area contributed by atoms with Gasteiger partial charge in [0, 0.05) is 25.1 Å². The van der Waals surface area contributed by atoms with Gasteiger partial charge in [-0.2, -0.15) is 0 Å². The Hall–Kier alpha value is -2.71. The van der Waals surface area contributed by atoms with Gasteiger partial charge in [-0.15, -0.1) is 0 Å². The summed E-state index contributed by atoms with van der Waals surface area (Å²) in [6.45, 7) is 6.30. The van der Waals surface area contributed by atoms with E-state index in [2.05, 4.69) is 48.7 Å². The van der Waals surface area contributed by atoms with E-state index in [9.17, 15) is 24.9 Å². The number of methoxy groups -OCH3 is 1. The van der Waals surface area contributed by atoms with E-state index in [1.165, 1.54) is 7.11 Å². The fourth-order valence-corrected chi connectivity index (χ4v) is 7.43. The molecule has 0 heterocycles. The van der Waals surface area contributed by atoms with Gasteiger partial charge in [0.2, 0.25) is 11.8 Å². The fourth-order valence-electron chi connectivity index (χ4n) is 6.63.